The summed E-state index contributed by atoms with van der Waals surface area (Å²) in [5, 5.41) is 4.09. The van der Waals surface area contributed by atoms with E-state index in [4.69, 9.17) is 0 Å². The molecule has 5 nitrogen and oxygen atoms in total. The Morgan fingerprint density at radius 1 is 1.20 bits per heavy atom. The fraction of sp³-hybridized carbons (Fsp3) is 0.250. The standard InChI is InChI=1S/C20H16F4N4OS/c21-14-3-13(20(22,23)24)4-15(5-14)27-19(29)17-10-30-18-9-28(2-1-16(17)18)8-12-6-25-11-26-7-12/h3-7,10-11H,1-2,8-9H2,(H,27,29). The topological polar surface area (TPSA) is 58.1 Å². The Morgan fingerprint density at radius 2 is 1.97 bits per heavy atom. The van der Waals surface area contributed by atoms with Crippen LogP contribution in [0.4, 0.5) is 23.2 Å². The first-order valence-corrected chi connectivity index (χ1v) is 9.92. The summed E-state index contributed by atoms with van der Waals surface area (Å²) >= 11 is 1.43. The number of hydrogen-bond acceptors (Lipinski definition) is 5. The zero-order valence-electron chi connectivity index (χ0n) is 15.5. The number of hydrogen-bond donors (Lipinski definition) is 1. The fourth-order valence-electron chi connectivity index (χ4n) is 3.40. The molecule has 0 radical (unpaired) electrons. The first kappa shape index (κ1) is 20.4. The first-order valence-electron chi connectivity index (χ1n) is 9.04. The number of amides is 1. The fourth-order valence-corrected chi connectivity index (χ4v) is 4.52. The number of carbonyl (C=O) groups is 1. The van der Waals surface area contributed by atoms with E-state index in [-0.39, 0.29) is 5.69 Å². The smallest absolute Gasteiger partial charge is 0.322 e. The molecule has 0 atom stereocenters. The molecule has 0 spiro atoms. The minimum atomic E-state index is -4.70. The van der Waals surface area contributed by atoms with Gasteiger partial charge in [0, 0.05) is 53.5 Å². The third kappa shape index (κ3) is 4.49. The second-order valence-electron chi connectivity index (χ2n) is 6.94. The number of nitrogens with zero attached hydrogens (tertiary/aromatic N) is 3. The maximum Gasteiger partial charge on any atom is 0.416 e. The van der Waals surface area contributed by atoms with Crippen molar-refractivity contribution >= 4 is 22.9 Å². The molecule has 0 fully saturated rings. The summed E-state index contributed by atoms with van der Waals surface area (Å²) < 4.78 is 52.2. The molecule has 3 heterocycles. The first-order chi connectivity index (χ1) is 14.3. The van der Waals surface area contributed by atoms with Gasteiger partial charge in [0.15, 0.2) is 0 Å². The van der Waals surface area contributed by atoms with Crippen molar-refractivity contribution in [1.82, 2.24) is 14.9 Å². The van der Waals surface area contributed by atoms with Crippen LogP contribution >= 0.6 is 11.3 Å². The van der Waals surface area contributed by atoms with Crippen molar-refractivity contribution in [2.75, 3.05) is 11.9 Å². The molecule has 0 saturated heterocycles. The number of rotatable bonds is 4. The van der Waals surface area contributed by atoms with E-state index in [9.17, 15) is 22.4 Å². The van der Waals surface area contributed by atoms with Gasteiger partial charge in [0.25, 0.3) is 5.91 Å². The number of anilines is 1. The van der Waals surface area contributed by atoms with E-state index >= 15 is 0 Å². The molecule has 156 valence electrons. The monoisotopic (exact) mass is 436 g/mol. The quantitative estimate of drug-likeness (QED) is 0.612. The van der Waals surface area contributed by atoms with Gasteiger partial charge in [0.05, 0.1) is 11.1 Å². The molecule has 2 aromatic heterocycles. The number of fused-ring (bicyclic) bond motifs is 1. The van der Waals surface area contributed by atoms with Gasteiger partial charge in [-0.15, -0.1) is 11.3 Å². The number of halogens is 4. The van der Waals surface area contributed by atoms with Gasteiger partial charge >= 0.3 is 6.18 Å². The van der Waals surface area contributed by atoms with Crippen molar-refractivity contribution in [2.45, 2.75) is 25.7 Å². The predicted octanol–water partition coefficient (Wildman–Crippen LogP) is 4.51. The zero-order chi connectivity index (χ0) is 21.3. The largest absolute Gasteiger partial charge is 0.416 e. The minimum absolute atomic E-state index is 0.228. The second-order valence-corrected chi connectivity index (χ2v) is 7.90. The molecule has 0 saturated carbocycles. The normalized spacial score (nSPS) is 14.4. The summed E-state index contributed by atoms with van der Waals surface area (Å²) in [4.78, 5) is 23.9. The van der Waals surface area contributed by atoms with Crippen molar-refractivity contribution in [2.24, 2.45) is 0 Å². The van der Waals surface area contributed by atoms with E-state index in [0.717, 1.165) is 34.7 Å². The Morgan fingerprint density at radius 3 is 2.70 bits per heavy atom. The van der Waals surface area contributed by atoms with E-state index in [2.05, 4.69) is 20.2 Å². The van der Waals surface area contributed by atoms with Gasteiger partial charge in [-0.2, -0.15) is 13.2 Å². The van der Waals surface area contributed by atoms with Crippen molar-refractivity contribution in [3.05, 3.63) is 75.2 Å². The number of alkyl halides is 3. The van der Waals surface area contributed by atoms with Crippen molar-refractivity contribution in [3.63, 3.8) is 0 Å². The highest BCUT2D eigenvalue weighted by atomic mass is 32.1. The maximum atomic E-state index is 13.6. The van der Waals surface area contributed by atoms with Gasteiger partial charge in [-0.25, -0.2) is 14.4 Å². The number of nitrogens with one attached hydrogen (secondary N) is 1. The third-order valence-electron chi connectivity index (χ3n) is 4.77. The van der Waals surface area contributed by atoms with E-state index in [1.54, 1.807) is 17.8 Å². The molecule has 0 bridgehead atoms. The molecule has 1 aliphatic rings. The van der Waals surface area contributed by atoms with Gasteiger partial charge < -0.3 is 5.32 Å². The summed E-state index contributed by atoms with van der Waals surface area (Å²) in [5.74, 6) is -1.61. The van der Waals surface area contributed by atoms with Gasteiger partial charge in [-0.1, -0.05) is 0 Å². The molecule has 0 unspecified atom stereocenters. The van der Waals surface area contributed by atoms with Crippen LogP contribution in [0, 0.1) is 5.82 Å². The lowest BCUT2D eigenvalue weighted by Crippen LogP contribution is -2.30. The van der Waals surface area contributed by atoms with Crippen LogP contribution < -0.4 is 5.32 Å². The van der Waals surface area contributed by atoms with Crippen molar-refractivity contribution < 1.29 is 22.4 Å². The van der Waals surface area contributed by atoms with Crippen LogP contribution in [0.1, 0.15) is 31.9 Å². The number of thiophene rings is 1. The SMILES string of the molecule is O=C(Nc1cc(F)cc(C(F)(F)F)c1)c1csc2c1CCN(Cc1cncnc1)C2. The Hall–Kier alpha value is -2.85. The van der Waals surface area contributed by atoms with Gasteiger partial charge in [0.2, 0.25) is 0 Å². The van der Waals surface area contributed by atoms with Gasteiger partial charge in [-0.3, -0.25) is 9.69 Å². The highest BCUT2D eigenvalue weighted by Gasteiger charge is 2.32. The molecule has 1 amide bonds. The lowest BCUT2D eigenvalue weighted by atomic mass is 10.0. The Labute approximate surface area is 173 Å². The van der Waals surface area contributed by atoms with Crippen LogP contribution in [0.5, 0.6) is 0 Å². The summed E-state index contributed by atoms with van der Waals surface area (Å²) in [6, 6.07) is 1.99. The average Bonchev–Trinajstić information content (AvgIpc) is 3.11. The summed E-state index contributed by atoms with van der Waals surface area (Å²) in [6.07, 6.45) is 0.912. The van der Waals surface area contributed by atoms with Crippen LogP contribution in [0.25, 0.3) is 0 Å². The average molecular weight is 436 g/mol. The summed E-state index contributed by atoms with van der Waals surface area (Å²) in [7, 11) is 0. The summed E-state index contributed by atoms with van der Waals surface area (Å²) in [6.45, 7) is 2.06. The van der Waals surface area contributed by atoms with Crippen molar-refractivity contribution in [3.8, 4) is 0 Å². The van der Waals surface area contributed by atoms with E-state index in [0.29, 0.717) is 31.1 Å². The Bertz CT molecular complexity index is 1070. The number of aromatic nitrogens is 2. The molecule has 30 heavy (non-hydrogen) atoms. The molecule has 0 aliphatic carbocycles. The lowest BCUT2D eigenvalue weighted by Gasteiger charge is -2.27. The van der Waals surface area contributed by atoms with Crippen LogP contribution in [-0.4, -0.2) is 27.3 Å². The Kier molecular flexibility index (Phi) is 5.52. The zero-order valence-corrected chi connectivity index (χ0v) is 16.4. The van der Waals surface area contributed by atoms with E-state index < -0.39 is 23.5 Å². The van der Waals surface area contributed by atoms with Crippen molar-refractivity contribution in [1.29, 1.82) is 0 Å². The van der Waals surface area contributed by atoms with E-state index in [1.165, 1.54) is 17.7 Å². The van der Waals surface area contributed by atoms with Crippen LogP contribution in [0.2, 0.25) is 0 Å². The number of carbonyl (C=O) groups excluding carboxylic acids is 1. The van der Waals surface area contributed by atoms with Gasteiger partial charge in [-0.05, 0) is 30.2 Å². The Balaban J connectivity index is 1.48. The third-order valence-corrected chi connectivity index (χ3v) is 5.79. The predicted molar refractivity (Wildman–Crippen MR) is 104 cm³/mol. The molecule has 4 rings (SSSR count). The highest BCUT2D eigenvalue weighted by molar-refractivity contribution is 7.10. The molecule has 10 heteroatoms. The van der Waals surface area contributed by atoms with Crippen LogP contribution in [-0.2, 0) is 25.7 Å². The van der Waals surface area contributed by atoms with E-state index in [1.807, 2.05) is 0 Å². The van der Waals surface area contributed by atoms with Gasteiger partial charge in [0.1, 0.15) is 12.1 Å². The number of benzene rings is 1. The lowest BCUT2D eigenvalue weighted by molar-refractivity contribution is -0.137. The molecular formula is C20H16F4N4OS. The van der Waals surface area contributed by atoms with Crippen LogP contribution in [0.15, 0.2) is 42.3 Å². The molecule has 1 aliphatic heterocycles. The molecular weight excluding hydrogens is 420 g/mol. The minimum Gasteiger partial charge on any atom is -0.322 e. The molecule has 1 aromatic carbocycles. The van der Waals surface area contributed by atoms with Crippen LogP contribution in [0.3, 0.4) is 0 Å². The molecule has 3 aromatic rings. The molecule has 1 N–H and O–H groups in total. The second kappa shape index (κ2) is 8.11. The highest BCUT2D eigenvalue weighted by Crippen LogP contribution is 2.33. The maximum absolute atomic E-state index is 13.6. The summed E-state index contributed by atoms with van der Waals surface area (Å²) in [5.41, 5.74) is 0.905.